The fraction of sp³-hybridized carbons (Fsp3) is 0.182. The van der Waals surface area contributed by atoms with Gasteiger partial charge in [-0.25, -0.2) is 19.3 Å². The Balaban J connectivity index is 0.000000448. The number of aromatic amines is 1. The number of anilines is 1. The van der Waals surface area contributed by atoms with E-state index in [1.807, 2.05) is 18.2 Å². The Morgan fingerprint density at radius 3 is 2.59 bits per heavy atom. The van der Waals surface area contributed by atoms with E-state index in [0.29, 0.717) is 27.2 Å². The van der Waals surface area contributed by atoms with Crippen molar-refractivity contribution < 1.29 is 27.9 Å². The van der Waals surface area contributed by atoms with Crippen LogP contribution in [0, 0.1) is 6.92 Å². The third kappa shape index (κ3) is 5.31. The molecule has 0 spiro atoms. The Morgan fingerprint density at radius 1 is 1.28 bits per heavy atom. The summed E-state index contributed by atoms with van der Waals surface area (Å²) in [5.41, 5.74) is 9.46. The number of carboxylic acids is 1. The van der Waals surface area contributed by atoms with Gasteiger partial charge in [-0.15, -0.1) is 5.10 Å². The smallest absolute Gasteiger partial charge is 0.475 e. The van der Waals surface area contributed by atoms with E-state index in [9.17, 15) is 18.0 Å². The summed E-state index contributed by atoms with van der Waals surface area (Å²) in [6.07, 6.45) is 1.60. The number of rotatable bonds is 4. The summed E-state index contributed by atoms with van der Waals surface area (Å²) < 4.78 is 35.1. The number of carbonyl (C=O) groups is 2. The maximum atomic E-state index is 13.2. The van der Waals surface area contributed by atoms with Gasteiger partial charge in [0.25, 0.3) is 5.91 Å². The molecule has 5 N–H and O–H groups in total. The van der Waals surface area contributed by atoms with Crippen molar-refractivity contribution in [2.75, 3.05) is 5.73 Å². The number of nitrogens with zero attached hydrogens (tertiary/aromatic N) is 6. The molecule has 0 fully saturated rings. The Kier molecular flexibility index (Phi) is 7.39. The maximum Gasteiger partial charge on any atom is 0.490 e. The van der Waals surface area contributed by atoms with E-state index >= 15 is 0 Å². The molecule has 1 unspecified atom stereocenters. The van der Waals surface area contributed by atoms with Crippen molar-refractivity contribution in [3.8, 4) is 11.3 Å². The van der Waals surface area contributed by atoms with Crippen molar-refractivity contribution in [3.05, 3.63) is 64.0 Å². The molecule has 1 amide bonds. The van der Waals surface area contributed by atoms with Crippen LogP contribution in [0.2, 0.25) is 10.2 Å². The fourth-order valence-electron chi connectivity index (χ4n) is 3.85. The van der Waals surface area contributed by atoms with Crippen LogP contribution in [0.25, 0.3) is 22.4 Å². The lowest BCUT2D eigenvalue weighted by molar-refractivity contribution is -0.192. The number of H-pyrrole nitrogens is 1. The standard InChI is InChI=1S/C20H17Cl2N9O.C2HF3O2/c1-9(27-20(32)14-18(23)29-30-5-3-4-24-19(14)30)12-6-13(21)16-17(22)28-10(2)31(16)15(12)11-7-25-26-8-11;3-2(4,5)1(6)7/h3-9H,1-2H3,(H2,23,29)(H,25,26)(H,27,32);(H,6,7). The molecule has 5 aromatic rings. The van der Waals surface area contributed by atoms with E-state index in [-0.39, 0.29) is 11.4 Å². The minimum absolute atomic E-state index is 0.0918. The summed E-state index contributed by atoms with van der Waals surface area (Å²) in [4.78, 5) is 30.7. The van der Waals surface area contributed by atoms with Gasteiger partial charge in [0.1, 0.15) is 16.9 Å². The van der Waals surface area contributed by atoms with Gasteiger partial charge in [-0.3, -0.25) is 14.3 Å². The van der Waals surface area contributed by atoms with Gasteiger partial charge in [0.15, 0.2) is 16.6 Å². The molecule has 0 saturated heterocycles. The van der Waals surface area contributed by atoms with Gasteiger partial charge in [-0.2, -0.15) is 18.3 Å². The third-order valence-electron chi connectivity index (χ3n) is 5.49. The fourth-order valence-corrected chi connectivity index (χ4v) is 4.50. The molecule has 204 valence electrons. The summed E-state index contributed by atoms with van der Waals surface area (Å²) in [5.74, 6) is -2.42. The van der Waals surface area contributed by atoms with E-state index < -0.39 is 24.1 Å². The number of imidazole rings is 1. The highest BCUT2D eigenvalue weighted by Gasteiger charge is 2.38. The van der Waals surface area contributed by atoms with Crippen LogP contribution in [0.5, 0.6) is 0 Å². The monoisotopic (exact) mass is 583 g/mol. The highest BCUT2D eigenvalue weighted by molar-refractivity contribution is 6.39. The SMILES string of the molecule is Cc1nc(Cl)c2c(Cl)cc(C(C)NC(=O)c3c(N)nn4cccnc34)c(-c3cn[nH]c3)n12.O=C(O)C(F)(F)F. The summed E-state index contributed by atoms with van der Waals surface area (Å²) in [7, 11) is 0. The molecule has 0 aromatic carbocycles. The number of aliphatic carboxylic acids is 1. The van der Waals surface area contributed by atoms with Gasteiger partial charge in [0.05, 0.1) is 23.0 Å². The van der Waals surface area contributed by atoms with E-state index in [1.165, 1.54) is 4.52 Å². The number of fused-ring (bicyclic) bond motifs is 2. The largest absolute Gasteiger partial charge is 0.490 e. The average molecular weight is 584 g/mol. The van der Waals surface area contributed by atoms with Crippen molar-refractivity contribution in [2.45, 2.75) is 26.1 Å². The normalized spacial score (nSPS) is 12.3. The lowest BCUT2D eigenvalue weighted by atomic mass is 10.0. The number of hydrogen-bond donors (Lipinski definition) is 4. The molecule has 12 nitrogen and oxygen atoms in total. The number of alkyl halides is 3. The van der Waals surface area contributed by atoms with Crippen LogP contribution in [0.4, 0.5) is 19.0 Å². The molecule has 0 saturated carbocycles. The summed E-state index contributed by atoms with van der Waals surface area (Å²) in [6, 6.07) is 3.01. The Morgan fingerprint density at radius 2 is 1.97 bits per heavy atom. The predicted molar refractivity (Wildman–Crippen MR) is 135 cm³/mol. The van der Waals surface area contributed by atoms with Crippen molar-refractivity contribution >= 4 is 52.1 Å². The van der Waals surface area contributed by atoms with Crippen LogP contribution in [0.1, 0.15) is 34.7 Å². The molecule has 0 aliphatic heterocycles. The van der Waals surface area contributed by atoms with Gasteiger partial charge in [-0.1, -0.05) is 23.2 Å². The van der Waals surface area contributed by atoms with Crippen molar-refractivity contribution in [1.82, 2.24) is 39.5 Å². The summed E-state index contributed by atoms with van der Waals surface area (Å²) in [6.45, 7) is 3.68. The first kappa shape index (κ1) is 27.7. The number of carboxylic acid groups (broad SMARTS) is 1. The van der Waals surface area contributed by atoms with Gasteiger partial charge < -0.3 is 16.2 Å². The first-order chi connectivity index (χ1) is 18.3. The molecule has 5 rings (SSSR count). The Hall–Kier alpha value is -4.37. The van der Waals surface area contributed by atoms with Crippen LogP contribution in [0.15, 0.2) is 36.9 Å². The molecular formula is C22H18Cl2F3N9O3. The highest BCUT2D eigenvalue weighted by atomic mass is 35.5. The zero-order valence-corrected chi connectivity index (χ0v) is 21.5. The number of nitrogen functional groups attached to an aromatic ring is 1. The quantitative estimate of drug-likeness (QED) is 0.245. The molecule has 39 heavy (non-hydrogen) atoms. The minimum atomic E-state index is -5.08. The van der Waals surface area contributed by atoms with Crippen molar-refractivity contribution in [3.63, 3.8) is 0 Å². The summed E-state index contributed by atoms with van der Waals surface area (Å²) >= 11 is 12.9. The molecule has 0 bridgehead atoms. The van der Waals surface area contributed by atoms with E-state index in [4.69, 9.17) is 38.8 Å². The molecule has 0 radical (unpaired) electrons. The van der Waals surface area contributed by atoms with Gasteiger partial charge >= 0.3 is 12.1 Å². The topological polar surface area (TPSA) is 169 Å². The second-order valence-electron chi connectivity index (χ2n) is 8.06. The van der Waals surface area contributed by atoms with Crippen LogP contribution in [-0.4, -0.2) is 57.3 Å². The zero-order chi connectivity index (χ0) is 28.6. The molecular weight excluding hydrogens is 566 g/mol. The van der Waals surface area contributed by atoms with Gasteiger partial charge in [-0.05, 0) is 26.0 Å². The second-order valence-corrected chi connectivity index (χ2v) is 8.83. The minimum Gasteiger partial charge on any atom is -0.475 e. The number of halogens is 5. The van der Waals surface area contributed by atoms with Gasteiger partial charge in [0, 0.05) is 29.7 Å². The van der Waals surface area contributed by atoms with Crippen molar-refractivity contribution in [2.24, 2.45) is 0 Å². The number of aromatic nitrogens is 7. The number of pyridine rings is 1. The number of carbonyl (C=O) groups excluding carboxylic acids is 1. The van der Waals surface area contributed by atoms with E-state index in [0.717, 1.165) is 16.8 Å². The lowest BCUT2D eigenvalue weighted by Crippen LogP contribution is -2.28. The van der Waals surface area contributed by atoms with Gasteiger partial charge in [0.2, 0.25) is 0 Å². The van der Waals surface area contributed by atoms with Crippen molar-refractivity contribution in [1.29, 1.82) is 0 Å². The van der Waals surface area contributed by atoms with Crippen LogP contribution < -0.4 is 11.1 Å². The highest BCUT2D eigenvalue weighted by Crippen LogP contribution is 2.37. The molecule has 0 aliphatic rings. The van der Waals surface area contributed by atoms with Crippen LogP contribution >= 0.6 is 23.2 Å². The second kappa shape index (κ2) is 10.4. The molecule has 17 heteroatoms. The number of amides is 1. The van der Waals surface area contributed by atoms with Crippen LogP contribution in [-0.2, 0) is 4.79 Å². The Bertz CT molecular complexity index is 1700. The predicted octanol–water partition coefficient (Wildman–Crippen LogP) is 4.09. The number of nitrogens with one attached hydrogen (secondary N) is 2. The number of aryl methyl sites for hydroxylation is 1. The maximum absolute atomic E-state index is 13.2. The van der Waals surface area contributed by atoms with E-state index in [1.54, 1.807) is 36.9 Å². The van der Waals surface area contributed by atoms with E-state index in [2.05, 4.69) is 30.6 Å². The summed E-state index contributed by atoms with van der Waals surface area (Å²) in [5, 5.41) is 21.9. The van der Waals surface area contributed by atoms with Crippen LogP contribution in [0.3, 0.4) is 0 Å². The first-order valence-electron chi connectivity index (χ1n) is 10.9. The lowest BCUT2D eigenvalue weighted by Gasteiger charge is -2.20. The molecule has 1 atom stereocenters. The molecule has 5 aromatic heterocycles. The number of nitrogens with two attached hydrogens (primary N) is 1. The first-order valence-corrected chi connectivity index (χ1v) is 11.6. The molecule has 5 heterocycles. The number of hydrogen-bond acceptors (Lipinski definition) is 7. The zero-order valence-electron chi connectivity index (χ0n) is 20.0. The average Bonchev–Trinajstić information content (AvgIpc) is 3.56. The third-order valence-corrected chi connectivity index (χ3v) is 6.04. The Labute approximate surface area is 226 Å². The molecule has 0 aliphatic carbocycles.